The normalized spacial score (nSPS) is 19.5. The lowest BCUT2D eigenvalue weighted by Gasteiger charge is -2.28. The van der Waals surface area contributed by atoms with E-state index < -0.39 is 5.97 Å². The van der Waals surface area contributed by atoms with Crippen LogP contribution in [0.4, 0.5) is 0 Å². The molecule has 1 N–H and O–H groups in total. The quantitative estimate of drug-likeness (QED) is 0.690. The summed E-state index contributed by atoms with van der Waals surface area (Å²) >= 11 is 0. The van der Waals surface area contributed by atoms with E-state index in [1.54, 1.807) is 0 Å². The summed E-state index contributed by atoms with van der Waals surface area (Å²) in [6, 6.07) is 0. The van der Waals surface area contributed by atoms with Gasteiger partial charge in [0, 0.05) is 6.61 Å². The van der Waals surface area contributed by atoms with Crippen LogP contribution in [0.15, 0.2) is 0 Å². The van der Waals surface area contributed by atoms with Crippen molar-refractivity contribution in [3.63, 3.8) is 0 Å². The van der Waals surface area contributed by atoms with Crippen molar-refractivity contribution in [2.45, 2.75) is 45.1 Å². The zero-order valence-electron chi connectivity index (χ0n) is 8.16. The molecule has 0 aliphatic heterocycles. The molecule has 0 radical (unpaired) electrons. The van der Waals surface area contributed by atoms with E-state index in [1.807, 2.05) is 6.92 Å². The Labute approximate surface area is 79.1 Å². The lowest BCUT2D eigenvalue weighted by Crippen LogP contribution is -2.24. The fourth-order valence-corrected chi connectivity index (χ4v) is 1.74. The molecule has 1 unspecified atom stereocenters. The average Bonchev–Trinajstić information content (AvgIpc) is 1.96. The second-order valence-electron chi connectivity index (χ2n) is 3.71. The van der Waals surface area contributed by atoms with Gasteiger partial charge in [0.2, 0.25) is 0 Å². The molecule has 0 aromatic heterocycles. The van der Waals surface area contributed by atoms with Gasteiger partial charge in [0.15, 0.2) is 0 Å². The minimum Gasteiger partial charge on any atom is -0.481 e. The fraction of sp³-hybridized carbons (Fsp3) is 0.900. The first-order valence-corrected chi connectivity index (χ1v) is 5.05. The molecule has 13 heavy (non-hydrogen) atoms. The van der Waals surface area contributed by atoms with Crippen LogP contribution < -0.4 is 0 Å². The molecule has 0 bridgehead atoms. The molecule has 1 fully saturated rings. The van der Waals surface area contributed by atoms with Crippen molar-refractivity contribution in [1.29, 1.82) is 0 Å². The Balaban J connectivity index is 2.23. The Morgan fingerprint density at radius 3 is 2.69 bits per heavy atom. The minimum atomic E-state index is -0.752. The lowest BCUT2D eigenvalue weighted by molar-refractivity contribution is -0.140. The molecule has 1 atom stereocenters. The van der Waals surface area contributed by atoms with Gasteiger partial charge in [-0.25, -0.2) is 0 Å². The summed E-state index contributed by atoms with van der Waals surface area (Å²) in [6.45, 7) is 2.53. The Kier molecular flexibility index (Phi) is 4.22. The van der Waals surface area contributed by atoms with E-state index in [4.69, 9.17) is 9.84 Å². The third-order valence-electron chi connectivity index (χ3n) is 2.63. The largest absolute Gasteiger partial charge is 0.481 e. The van der Waals surface area contributed by atoms with Crippen LogP contribution in [-0.2, 0) is 9.53 Å². The van der Waals surface area contributed by atoms with E-state index in [-0.39, 0.29) is 12.5 Å². The highest BCUT2D eigenvalue weighted by Gasteiger charge is 2.23. The summed E-state index contributed by atoms with van der Waals surface area (Å²) in [5, 5.41) is 8.63. The molecule has 0 heterocycles. The standard InChI is InChI=1S/C10H18O3/c1-2-13-9(7-10(11)12)6-8-4-3-5-8/h8-9H,2-7H2,1H3,(H,11,12). The average molecular weight is 186 g/mol. The summed E-state index contributed by atoms with van der Waals surface area (Å²) in [6.07, 6.45) is 4.83. The van der Waals surface area contributed by atoms with Crippen LogP contribution in [0, 0.1) is 5.92 Å². The zero-order valence-corrected chi connectivity index (χ0v) is 8.16. The van der Waals surface area contributed by atoms with Gasteiger partial charge in [0.1, 0.15) is 0 Å². The highest BCUT2D eigenvalue weighted by Crippen LogP contribution is 2.31. The third-order valence-corrected chi connectivity index (χ3v) is 2.63. The highest BCUT2D eigenvalue weighted by atomic mass is 16.5. The van der Waals surface area contributed by atoms with Gasteiger partial charge in [0.05, 0.1) is 12.5 Å². The first kappa shape index (κ1) is 10.5. The lowest BCUT2D eigenvalue weighted by atomic mass is 9.81. The molecular formula is C10H18O3. The van der Waals surface area contributed by atoms with Gasteiger partial charge in [0.25, 0.3) is 0 Å². The minimum absolute atomic E-state index is 0.0622. The van der Waals surface area contributed by atoms with Gasteiger partial charge in [-0.1, -0.05) is 19.3 Å². The van der Waals surface area contributed by atoms with Crippen molar-refractivity contribution >= 4 is 5.97 Å². The Hall–Kier alpha value is -0.570. The van der Waals surface area contributed by atoms with Crippen LogP contribution >= 0.6 is 0 Å². The number of aliphatic carboxylic acids is 1. The van der Waals surface area contributed by atoms with Crippen LogP contribution in [0.5, 0.6) is 0 Å². The Morgan fingerprint density at radius 2 is 2.31 bits per heavy atom. The molecule has 0 spiro atoms. The van der Waals surface area contributed by atoms with Gasteiger partial charge < -0.3 is 9.84 Å². The number of ether oxygens (including phenoxy) is 1. The van der Waals surface area contributed by atoms with E-state index in [0.29, 0.717) is 6.61 Å². The van der Waals surface area contributed by atoms with E-state index >= 15 is 0 Å². The van der Waals surface area contributed by atoms with Crippen molar-refractivity contribution in [3.8, 4) is 0 Å². The molecule has 0 aromatic carbocycles. The number of rotatable bonds is 6. The van der Waals surface area contributed by atoms with Crippen molar-refractivity contribution in [2.75, 3.05) is 6.61 Å². The molecule has 0 amide bonds. The SMILES string of the molecule is CCOC(CC(=O)O)CC1CCC1. The van der Waals surface area contributed by atoms with Crippen LogP contribution in [-0.4, -0.2) is 23.8 Å². The van der Waals surface area contributed by atoms with Crippen molar-refractivity contribution < 1.29 is 14.6 Å². The van der Waals surface area contributed by atoms with E-state index in [0.717, 1.165) is 12.3 Å². The van der Waals surface area contributed by atoms with Gasteiger partial charge >= 0.3 is 5.97 Å². The summed E-state index contributed by atoms with van der Waals surface area (Å²) in [4.78, 5) is 10.5. The summed E-state index contributed by atoms with van der Waals surface area (Å²) < 4.78 is 5.38. The van der Waals surface area contributed by atoms with Gasteiger partial charge in [-0.15, -0.1) is 0 Å². The predicted molar refractivity (Wildman–Crippen MR) is 49.6 cm³/mol. The van der Waals surface area contributed by atoms with Crippen molar-refractivity contribution in [1.82, 2.24) is 0 Å². The first-order valence-electron chi connectivity index (χ1n) is 5.05. The van der Waals surface area contributed by atoms with Gasteiger partial charge in [-0.05, 0) is 19.3 Å². The summed E-state index contributed by atoms with van der Waals surface area (Å²) in [5.41, 5.74) is 0. The van der Waals surface area contributed by atoms with Crippen molar-refractivity contribution in [2.24, 2.45) is 5.92 Å². The number of carboxylic acid groups (broad SMARTS) is 1. The monoisotopic (exact) mass is 186 g/mol. The molecule has 3 nitrogen and oxygen atoms in total. The van der Waals surface area contributed by atoms with Gasteiger partial charge in [-0.2, -0.15) is 0 Å². The van der Waals surface area contributed by atoms with Crippen LogP contribution in [0.1, 0.15) is 39.0 Å². The smallest absolute Gasteiger partial charge is 0.305 e. The maximum absolute atomic E-state index is 10.5. The molecule has 1 rings (SSSR count). The Morgan fingerprint density at radius 1 is 1.62 bits per heavy atom. The third kappa shape index (κ3) is 3.77. The molecule has 0 saturated heterocycles. The maximum Gasteiger partial charge on any atom is 0.305 e. The van der Waals surface area contributed by atoms with Crippen molar-refractivity contribution in [3.05, 3.63) is 0 Å². The maximum atomic E-state index is 10.5. The molecule has 3 heteroatoms. The molecule has 76 valence electrons. The molecule has 1 aliphatic rings. The van der Waals surface area contributed by atoms with Crippen LogP contribution in [0.3, 0.4) is 0 Å². The molecule has 0 aromatic rings. The summed E-state index contributed by atoms with van der Waals surface area (Å²) in [7, 11) is 0. The molecule has 1 aliphatic carbocycles. The number of hydrogen-bond donors (Lipinski definition) is 1. The first-order chi connectivity index (χ1) is 6.22. The van der Waals surface area contributed by atoms with Gasteiger partial charge in [-0.3, -0.25) is 4.79 Å². The fourth-order valence-electron chi connectivity index (χ4n) is 1.74. The van der Waals surface area contributed by atoms with Crippen LogP contribution in [0.25, 0.3) is 0 Å². The molecule has 1 saturated carbocycles. The molecular weight excluding hydrogens is 168 g/mol. The second kappa shape index (κ2) is 5.22. The zero-order chi connectivity index (χ0) is 9.68. The topological polar surface area (TPSA) is 46.5 Å². The predicted octanol–water partition coefficient (Wildman–Crippen LogP) is 2.06. The highest BCUT2D eigenvalue weighted by molar-refractivity contribution is 5.67. The number of carboxylic acids is 1. The summed E-state index contributed by atoms with van der Waals surface area (Å²) in [5.74, 6) is -0.0336. The van der Waals surface area contributed by atoms with E-state index in [9.17, 15) is 4.79 Å². The second-order valence-corrected chi connectivity index (χ2v) is 3.71. The number of carbonyl (C=O) groups is 1. The van der Waals surface area contributed by atoms with E-state index in [2.05, 4.69) is 0 Å². The van der Waals surface area contributed by atoms with E-state index in [1.165, 1.54) is 19.3 Å². The van der Waals surface area contributed by atoms with Crippen LogP contribution in [0.2, 0.25) is 0 Å². The number of hydrogen-bond acceptors (Lipinski definition) is 2. The Bertz CT molecular complexity index is 164.